The zero-order valence-electron chi connectivity index (χ0n) is 7.92. The average molecular weight is 292 g/mol. The summed E-state index contributed by atoms with van der Waals surface area (Å²) < 4.78 is 5.12. The van der Waals surface area contributed by atoms with Gasteiger partial charge in [0.05, 0.1) is 6.61 Å². The van der Waals surface area contributed by atoms with Crippen LogP contribution < -0.4 is 0 Å². The molecule has 0 radical (unpaired) electrons. The molecular formula is C10H8BrClO3. The third kappa shape index (κ3) is 3.04. The van der Waals surface area contributed by atoms with Gasteiger partial charge in [0.2, 0.25) is 0 Å². The number of ketones is 1. The Morgan fingerprint density at radius 2 is 2.13 bits per heavy atom. The molecule has 0 aliphatic rings. The first-order valence-electron chi connectivity index (χ1n) is 4.22. The van der Waals surface area contributed by atoms with Gasteiger partial charge in [0, 0.05) is 15.1 Å². The zero-order valence-corrected chi connectivity index (χ0v) is 10.3. The maximum Gasteiger partial charge on any atom is 0.379 e. The summed E-state index contributed by atoms with van der Waals surface area (Å²) in [4.78, 5) is 22.7. The molecule has 5 heteroatoms. The highest BCUT2D eigenvalue weighted by Crippen LogP contribution is 2.21. The summed E-state index contributed by atoms with van der Waals surface area (Å²) in [6, 6.07) is 4.65. The molecule has 1 rings (SSSR count). The quantitative estimate of drug-likeness (QED) is 0.488. The highest BCUT2D eigenvalue weighted by atomic mass is 79.9. The largest absolute Gasteiger partial charge is 0.460 e. The van der Waals surface area contributed by atoms with Crippen molar-refractivity contribution in [1.29, 1.82) is 0 Å². The molecular weight excluding hydrogens is 283 g/mol. The fourth-order valence-electron chi connectivity index (χ4n) is 0.978. The summed E-state index contributed by atoms with van der Waals surface area (Å²) in [7, 11) is 0. The van der Waals surface area contributed by atoms with Crippen LogP contribution in [-0.2, 0) is 9.53 Å². The molecule has 0 N–H and O–H groups in total. The van der Waals surface area contributed by atoms with Crippen LogP contribution in [-0.4, -0.2) is 18.4 Å². The normalized spacial score (nSPS) is 9.80. The van der Waals surface area contributed by atoms with E-state index in [9.17, 15) is 9.59 Å². The number of hydrogen-bond acceptors (Lipinski definition) is 3. The van der Waals surface area contributed by atoms with Crippen LogP contribution in [0.25, 0.3) is 0 Å². The Balaban J connectivity index is 3.00. The second kappa shape index (κ2) is 5.28. The molecule has 0 aliphatic carbocycles. The number of halogens is 2. The van der Waals surface area contributed by atoms with Gasteiger partial charge in [0.25, 0.3) is 5.78 Å². The summed E-state index contributed by atoms with van der Waals surface area (Å²) >= 11 is 8.88. The van der Waals surface area contributed by atoms with E-state index in [1.807, 2.05) is 0 Å². The van der Waals surface area contributed by atoms with Gasteiger partial charge in [-0.3, -0.25) is 4.79 Å². The lowest BCUT2D eigenvalue weighted by atomic mass is 10.1. The van der Waals surface area contributed by atoms with Crippen molar-refractivity contribution in [3.63, 3.8) is 0 Å². The van der Waals surface area contributed by atoms with Crippen molar-refractivity contribution in [2.45, 2.75) is 6.92 Å². The van der Waals surface area contributed by atoms with E-state index < -0.39 is 11.8 Å². The Bertz CT molecular complexity index is 404. The van der Waals surface area contributed by atoms with Crippen molar-refractivity contribution in [3.8, 4) is 0 Å². The van der Waals surface area contributed by atoms with Crippen LogP contribution in [0.2, 0.25) is 5.02 Å². The highest BCUT2D eigenvalue weighted by Gasteiger charge is 2.20. The van der Waals surface area contributed by atoms with Crippen LogP contribution in [0.15, 0.2) is 22.7 Å². The Morgan fingerprint density at radius 3 is 2.73 bits per heavy atom. The molecule has 0 fully saturated rings. The minimum atomic E-state index is -0.875. The Kier molecular flexibility index (Phi) is 4.29. The van der Waals surface area contributed by atoms with Crippen molar-refractivity contribution in [2.24, 2.45) is 0 Å². The minimum absolute atomic E-state index is 0.169. The molecule has 3 nitrogen and oxygen atoms in total. The van der Waals surface area contributed by atoms with Crippen molar-refractivity contribution < 1.29 is 14.3 Å². The molecule has 0 atom stereocenters. The molecule has 0 heterocycles. The lowest BCUT2D eigenvalue weighted by Crippen LogP contribution is -2.17. The van der Waals surface area contributed by atoms with Crippen LogP contribution >= 0.6 is 27.5 Å². The van der Waals surface area contributed by atoms with Crippen molar-refractivity contribution in [2.75, 3.05) is 6.61 Å². The maximum atomic E-state index is 11.5. The topological polar surface area (TPSA) is 43.4 Å². The Labute approximate surface area is 100 Å². The second-order valence-electron chi connectivity index (χ2n) is 2.67. The number of ether oxygens (including phenoxy) is 1. The Hall–Kier alpha value is -0.870. The first-order valence-corrected chi connectivity index (χ1v) is 5.40. The average Bonchev–Trinajstić information content (AvgIpc) is 2.21. The number of carbonyl (C=O) groups is 2. The number of carbonyl (C=O) groups excluding carboxylic acids is 2. The molecule has 15 heavy (non-hydrogen) atoms. The van der Waals surface area contributed by atoms with Crippen LogP contribution in [0.1, 0.15) is 17.3 Å². The maximum absolute atomic E-state index is 11.5. The lowest BCUT2D eigenvalue weighted by Gasteiger charge is -2.03. The van der Waals surface area contributed by atoms with Crippen molar-refractivity contribution >= 4 is 39.3 Å². The third-order valence-corrected chi connectivity index (χ3v) is 2.56. The summed E-state index contributed by atoms with van der Waals surface area (Å²) in [5.41, 5.74) is 0.209. The van der Waals surface area contributed by atoms with E-state index in [2.05, 4.69) is 20.7 Å². The first-order chi connectivity index (χ1) is 7.06. The summed E-state index contributed by atoms with van der Waals surface area (Å²) in [5, 5.41) is 0.394. The van der Waals surface area contributed by atoms with Crippen LogP contribution in [0.3, 0.4) is 0 Å². The fraction of sp³-hybridized carbons (Fsp3) is 0.200. The molecule has 0 amide bonds. The molecule has 0 saturated heterocycles. The lowest BCUT2D eigenvalue weighted by molar-refractivity contribution is -0.137. The van der Waals surface area contributed by atoms with Gasteiger partial charge in [0.15, 0.2) is 0 Å². The summed E-state index contributed by atoms with van der Waals surface area (Å²) in [6.07, 6.45) is 0. The van der Waals surface area contributed by atoms with Gasteiger partial charge in [-0.2, -0.15) is 0 Å². The second-order valence-corrected chi connectivity index (χ2v) is 3.96. The Morgan fingerprint density at radius 1 is 1.47 bits per heavy atom. The molecule has 0 aromatic heterocycles. The highest BCUT2D eigenvalue weighted by molar-refractivity contribution is 9.10. The van der Waals surface area contributed by atoms with Gasteiger partial charge in [-0.25, -0.2) is 4.79 Å². The molecule has 0 unspecified atom stereocenters. The van der Waals surface area contributed by atoms with E-state index in [1.165, 1.54) is 6.07 Å². The van der Waals surface area contributed by atoms with E-state index in [-0.39, 0.29) is 12.2 Å². The predicted octanol–water partition coefficient (Wildman–Crippen LogP) is 2.85. The number of esters is 1. The van der Waals surface area contributed by atoms with E-state index in [0.29, 0.717) is 9.50 Å². The monoisotopic (exact) mass is 290 g/mol. The molecule has 1 aromatic carbocycles. The molecule has 0 saturated carbocycles. The van der Waals surface area contributed by atoms with Gasteiger partial charge in [-0.1, -0.05) is 27.5 Å². The third-order valence-electron chi connectivity index (χ3n) is 1.63. The van der Waals surface area contributed by atoms with Gasteiger partial charge < -0.3 is 4.74 Å². The van der Waals surface area contributed by atoms with Crippen molar-refractivity contribution in [3.05, 3.63) is 33.3 Å². The van der Waals surface area contributed by atoms with Crippen LogP contribution in [0.5, 0.6) is 0 Å². The van der Waals surface area contributed by atoms with E-state index >= 15 is 0 Å². The number of rotatable bonds is 3. The van der Waals surface area contributed by atoms with E-state index in [1.54, 1.807) is 19.1 Å². The number of benzene rings is 1. The van der Waals surface area contributed by atoms with Crippen molar-refractivity contribution in [1.82, 2.24) is 0 Å². The standard InChI is InChI=1S/C10H8BrClO3/c1-2-15-10(14)9(13)7-5-6(12)3-4-8(7)11/h3-5H,2H2,1H3. The summed E-state index contributed by atoms with van der Waals surface area (Å²) in [6.45, 7) is 1.81. The van der Waals surface area contributed by atoms with Crippen LogP contribution in [0.4, 0.5) is 0 Å². The zero-order chi connectivity index (χ0) is 11.4. The molecule has 80 valence electrons. The minimum Gasteiger partial charge on any atom is -0.460 e. The predicted molar refractivity (Wildman–Crippen MR) is 60.1 cm³/mol. The molecule has 1 aromatic rings. The summed E-state index contributed by atoms with van der Waals surface area (Å²) in [5.74, 6) is -1.58. The molecule has 0 bridgehead atoms. The van der Waals surface area contributed by atoms with Gasteiger partial charge in [0.1, 0.15) is 0 Å². The van der Waals surface area contributed by atoms with E-state index in [0.717, 1.165) is 0 Å². The van der Waals surface area contributed by atoms with Gasteiger partial charge >= 0.3 is 5.97 Å². The fourth-order valence-corrected chi connectivity index (χ4v) is 1.58. The van der Waals surface area contributed by atoms with Gasteiger partial charge in [-0.05, 0) is 25.1 Å². The first kappa shape index (κ1) is 12.2. The van der Waals surface area contributed by atoms with Gasteiger partial charge in [-0.15, -0.1) is 0 Å². The molecule has 0 aliphatic heterocycles. The SMILES string of the molecule is CCOC(=O)C(=O)c1cc(Cl)ccc1Br. The number of Topliss-reactive ketones (excluding diaryl/α,β-unsaturated/α-hetero) is 1. The smallest absolute Gasteiger partial charge is 0.379 e. The van der Waals surface area contributed by atoms with E-state index in [4.69, 9.17) is 11.6 Å². The number of hydrogen-bond donors (Lipinski definition) is 0. The molecule has 0 spiro atoms. The van der Waals surface area contributed by atoms with Crippen LogP contribution in [0, 0.1) is 0 Å².